The second kappa shape index (κ2) is 9.79. The second-order valence-corrected chi connectivity index (χ2v) is 10.9. The minimum absolute atomic E-state index is 0.0170. The lowest BCUT2D eigenvalue weighted by atomic mass is 9.70. The molecule has 1 aromatic heterocycles. The zero-order valence-electron chi connectivity index (χ0n) is 21.5. The number of nitrogens with zero attached hydrogens (tertiary/aromatic N) is 2. The van der Waals surface area contributed by atoms with Crippen molar-refractivity contribution < 1.29 is 32.5 Å². The number of anilines is 2. The molecule has 3 aromatic rings. The van der Waals surface area contributed by atoms with E-state index in [1.54, 1.807) is 6.07 Å². The van der Waals surface area contributed by atoms with Crippen LogP contribution in [0.15, 0.2) is 36.4 Å². The number of nitrogens with one attached hydrogen (secondary N) is 1. The number of carboxylic acid groups (broad SMARTS) is 1. The fraction of sp³-hybridized carbons (Fsp3) is 0.481. The number of ether oxygens (including phenoxy) is 2. The highest BCUT2D eigenvalue weighted by Crippen LogP contribution is 2.46. The van der Waals surface area contributed by atoms with Crippen LogP contribution in [0.1, 0.15) is 70.3 Å². The molecule has 2 aromatic carbocycles. The number of benzene rings is 2. The van der Waals surface area contributed by atoms with Gasteiger partial charge in [0.15, 0.2) is 0 Å². The van der Waals surface area contributed by atoms with Gasteiger partial charge < -0.3 is 24.5 Å². The molecular formula is C27H32F3N3O4. The second-order valence-electron chi connectivity index (χ2n) is 10.9. The van der Waals surface area contributed by atoms with Crippen LogP contribution in [0.2, 0.25) is 0 Å². The average molecular weight is 520 g/mol. The van der Waals surface area contributed by atoms with Gasteiger partial charge in [-0.1, -0.05) is 20.8 Å². The average Bonchev–Trinajstić information content (AvgIpc) is 3.08. The zero-order valence-corrected chi connectivity index (χ0v) is 21.5. The molecule has 1 heterocycles. The number of rotatable bonds is 7. The predicted molar refractivity (Wildman–Crippen MR) is 135 cm³/mol. The first-order chi connectivity index (χ1) is 17.2. The summed E-state index contributed by atoms with van der Waals surface area (Å²) in [5.41, 5.74) is 1.85. The van der Waals surface area contributed by atoms with Gasteiger partial charge in [0.25, 0.3) is 0 Å². The van der Waals surface area contributed by atoms with Gasteiger partial charge in [-0.2, -0.15) is 0 Å². The Hall–Kier alpha value is -3.43. The van der Waals surface area contributed by atoms with Crippen LogP contribution < -0.4 is 14.8 Å². The van der Waals surface area contributed by atoms with Crippen molar-refractivity contribution in [3.63, 3.8) is 0 Å². The Bertz CT molecular complexity index is 1280. The van der Waals surface area contributed by atoms with E-state index in [2.05, 4.69) is 35.4 Å². The third kappa shape index (κ3) is 6.29. The van der Waals surface area contributed by atoms with Crippen molar-refractivity contribution in [2.45, 2.75) is 72.4 Å². The van der Waals surface area contributed by atoms with Crippen LogP contribution in [0, 0.1) is 11.3 Å². The lowest BCUT2D eigenvalue weighted by Crippen LogP contribution is -2.29. The highest BCUT2D eigenvalue weighted by molar-refractivity contribution is 5.96. The first-order valence-corrected chi connectivity index (χ1v) is 12.3. The number of fused-ring (bicyclic) bond motifs is 1. The third-order valence-corrected chi connectivity index (χ3v) is 6.46. The third-order valence-electron chi connectivity index (χ3n) is 6.46. The van der Waals surface area contributed by atoms with E-state index in [9.17, 15) is 23.1 Å². The molecule has 0 radical (unpaired) electrons. The summed E-state index contributed by atoms with van der Waals surface area (Å²) < 4.78 is 49.6. The summed E-state index contributed by atoms with van der Waals surface area (Å²) >= 11 is 0. The van der Waals surface area contributed by atoms with E-state index in [1.165, 1.54) is 30.3 Å². The SMILES string of the molecule is CC1CC(n2c(Nc3ccc(OC(F)(F)F)cc3)nc3cc(C(=O)O)c(OC(C)C)cc32)CC(C)(C)C1. The van der Waals surface area contributed by atoms with Crippen LogP contribution >= 0.6 is 0 Å². The quantitative estimate of drug-likeness (QED) is 0.335. The van der Waals surface area contributed by atoms with Crippen LogP contribution in [0.4, 0.5) is 24.8 Å². The minimum atomic E-state index is -4.77. The summed E-state index contributed by atoms with van der Waals surface area (Å²) in [6.45, 7) is 10.3. The van der Waals surface area contributed by atoms with E-state index >= 15 is 0 Å². The van der Waals surface area contributed by atoms with Gasteiger partial charge in [0, 0.05) is 17.8 Å². The summed E-state index contributed by atoms with van der Waals surface area (Å²) in [6.07, 6.45) is -2.12. The first-order valence-electron chi connectivity index (χ1n) is 12.3. The number of hydrogen-bond acceptors (Lipinski definition) is 5. The molecule has 37 heavy (non-hydrogen) atoms. The maximum Gasteiger partial charge on any atom is 0.573 e. The number of aromatic nitrogens is 2. The van der Waals surface area contributed by atoms with E-state index in [1.807, 2.05) is 13.8 Å². The predicted octanol–water partition coefficient (Wildman–Crippen LogP) is 7.55. The molecule has 200 valence electrons. The highest BCUT2D eigenvalue weighted by atomic mass is 19.4. The Morgan fingerprint density at radius 2 is 1.86 bits per heavy atom. The van der Waals surface area contributed by atoms with Crippen molar-refractivity contribution >= 4 is 28.6 Å². The Labute approximate surface area is 213 Å². The van der Waals surface area contributed by atoms with Gasteiger partial charge in [0.2, 0.25) is 5.95 Å². The van der Waals surface area contributed by atoms with Gasteiger partial charge >= 0.3 is 12.3 Å². The number of hydrogen-bond donors (Lipinski definition) is 2. The molecule has 0 amide bonds. The number of alkyl halides is 3. The van der Waals surface area contributed by atoms with E-state index in [0.29, 0.717) is 23.1 Å². The molecule has 10 heteroatoms. The van der Waals surface area contributed by atoms with Gasteiger partial charge in [0.1, 0.15) is 17.1 Å². The normalized spacial score (nSPS) is 19.7. The fourth-order valence-corrected chi connectivity index (χ4v) is 5.46. The van der Waals surface area contributed by atoms with Crippen molar-refractivity contribution in [2.75, 3.05) is 5.32 Å². The van der Waals surface area contributed by atoms with Gasteiger partial charge in [-0.25, -0.2) is 9.78 Å². The molecule has 0 saturated heterocycles. The molecule has 1 aliphatic rings. The smallest absolute Gasteiger partial charge is 0.490 e. The number of aromatic carboxylic acids is 1. The van der Waals surface area contributed by atoms with Crippen molar-refractivity contribution in [3.8, 4) is 11.5 Å². The molecule has 2 N–H and O–H groups in total. The lowest BCUT2D eigenvalue weighted by Gasteiger charge is -2.40. The topological polar surface area (TPSA) is 85.6 Å². The first kappa shape index (κ1) is 26.6. The van der Waals surface area contributed by atoms with Crippen molar-refractivity contribution in [1.82, 2.24) is 9.55 Å². The van der Waals surface area contributed by atoms with Crippen LogP contribution in [0.25, 0.3) is 11.0 Å². The lowest BCUT2D eigenvalue weighted by molar-refractivity contribution is -0.274. The van der Waals surface area contributed by atoms with Crippen molar-refractivity contribution in [3.05, 3.63) is 42.0 Å². The summed E-state index contributed by atoms with van der Waals surface area (Å²) in [7, 11) is 0. The van der Waals surface area contributed by atoms with Gasteiger partial charge in [-0.3, -0.25) is 0 Å². The maximum absolute atomic E-state index is 12.6. The Balaban J connectivity index is 1.81. The molecule has 2 atom stereocenters. The Morgan fingerprint density at radius 3 is 2.43 bits per heavy atom. The van der Waals surface area contributed by atoms with Gasteiger partial charge in [-0.05, 0) is 74.8 Å². The van der Waals surface area contributed by atoms with Gasteiger partial charge in [0.05, 0.1) is 17.1 Å². The Morgan fingerprint density at radius 1 is 1.19 bits per heavy atom. The molecule has 2 unspecified atom stereocenters. The fourth-order valence-electron chi connectivity index (χ4n) is 5.46. The summed E-state index contributed by atoms with van der Waals surface area (Å²) in [6, 6.07) is 8.72. The standard InChI is InChI=1S/C27H32F3N3O4/c1-15(2)36-23-12-22-21(11-20(23)24(34)35)32-25(33(22)18-10-16(3)13-26(4,5)14-18)31-17-6-8-19(9-7-17)37-27(28,29)30/h6-9,11-12,15-16,18H,10,13-14H2,1-5H3,(H,31,32)(H,34,35). The van der Waals surface area contributed by atoms with Gasteiger partial charge in [-0.15, -0.1) is 13.2 Å². The summed E-state index contributed by atoms with van der Waals surface area (Å²) in [4.78, 5) is 16.7. The van der Waals surface area contributed by atoms with E-state index in [4.69, 9.17) is 9.72 Å². The molecule has 0 aliphatic heterocycles. The number of imidazole rings is 1. The molecule has 0 spiro atoms. The Kier molecular flexibility index (Phi) is 7.05. The van der Waals surface area contributed by atoms with Crippen molar-refractivity contribution in [1.29, 1.82) is 0 Å². The molecular weight excluding hydrogens is 487 g/mol. The highest BCUT2D eigenvalue weighted by Gasteiger charge is 2.35. The molecule has 4 rings (SSSR count). The minimum Gasteiger partial charge on any atom is -0.490 e. The van der Waals surface area contributed by atoms with E-state index in [0.717, 1.165) is 24.8 Å². The van der Waals surface area contributed by atoms with Crippen molar-refractivity contribution in [2.24, 2.45) is 11.3 Å². The molecule has 1 saturated carbocycles. The van der Waals surface area contributed by atoms with Crippen LogP contribution in [0.5, 0.6) is 11.5 Å². The zero-order chi connectivity index (χ0) is 27.1. The summed E-state index contributed by atoms with van der Waals surface area (Å²) in [5.74, 6) is -0.236. The summed E-state index contributed by atoms with van der Waals surface area (Å²) in [5, 5.41) is 13.0. The molecule has 7 nitrogen and oxygen atoms in total. The molecule has 1 aliphatic carbocycles. The monoisotopic (exact) mass is 519 g/mol. The number of carboxylic acids is 1. The number of halogens is 3. The van der Waals surface area contributed by atoms with E-state index in [-0.39, 0.29) is 34.6 Å². The largest absolute Gasteiger partial charge is 0.573 e. The van der Waals surface area contributed by atoms with Crippen LogP contribution in [-0.2, 0) is 0 Å². The molecule has 1 fully saturated rings. The maximum atomic E-state index is 12.6. The number of carbonyl (C=O) groups is 1. The van der Waals surface area contributed by atoms with Crippen LogP contribution in [-0.4, -0.2) is 33.1 Å². The van der Waals surface area contributed by atoms with Crippen LogP contribution in [0.3, 0.4) is 0 Å². The molecule has 0 bridgehead atoms. The van der Waals surface area contributed by atoms with E-state index < -0.39 is 12.3 Å².